The second-order valence-electron chi connectivity index (χ2n) is 3.03. The molecule has 0 saturated heterocycles. The minimum Gasteiger partial charge on any atom is -0.375 e. The molecule has 4 nitrogen and oxygen atoms in total. The van der Waals surface area contributed by atoms with Crippen molar-refractivity contribution in [2.45, 2.75) is 6.92 Å². The second kappa shape index (κ2) is 4.74. The second-order valence-corrected chi connectivity index (χ2v) is 3.03. The van der Waals surface area contributed by atoms with Gasteiger partial charge in [0.05, 0.1) is 5.69 Å². The molecular formula is C10H14N2O2. The van der Waals surface area contributed by atoms with Gasteiger partial charge in [0.1, 0.15) is 6.61 Å². The molecule has 0 aliphatic carbocycles. The Hall–Kier alpha value is -1.39. The molecule has 76 valence electrons. The number of hydrogen-bond acceptors (Lipinski definition) is 3. The van der Waals surface area contributed by atoms with Gasteiger partial charge in [-0.3, -0.25) is 4.79 Å². The van der Waals surface area contributed by atoms with Gasteiger partial charge < -0.3 is 4.74 Å². The van der Waals surface area contributed by atoms with Crippen LogP contribution in [0.3, 0.4) is 0 Å². The van der Waals surface area contributed by atoms with E-state index in [2.05, 4.69) is 0 Å². The largest absolute Gasteiger partial charge is 0.375 e. The summed E-state index contributed by atoms with van der Waals surface area (Å²) >= 11 is 0. The SMILES string of the molecule is COCC(=O)N(N)c1ccc(C)cc1. The van der Waals surface area contributed by atoms with Crippen molar-refractivity contribution in [1.29, 1.82) is 0 Å². The molecule has 0 heterocycles. The fourth-order valence-corrected chi connectivity index (χ4v) is 1.04. The van der Waals surface area contributed by atoms with E-state index in [-0.39, 0.29) is 12.5 Å². The highest BCUT2D eigenvalue weighted by atomic mass is 16.5. The van der Waals surface area contributed by atoms with E-state index >= 15 is 0 Å². The number of aryl methyl sites for hydroxylation is 1. The zero-order valence-corrected chi connectivity index (χ0v) is 8.36. The van der Waals surface area contributed by atoms with Crippen LogP contribution in [0, 0.1) is 6.92 Å². The Morgan fingerprint density at radius 2 is 2.00 bits per heavy atom. The van der Waals surface area contributed by atoms with Crippen LogP contribution in [0.5, 0.6) is 0 Å². The van der Waals surface area contributed by atoms with Gasteiger partial charge in [-0.2, -0.15) is 0 Å². The Morgan fingerprint density at radius 3 is 2.50 bits per heavy atom. The van der Waals surface area contributed by atoms with E-state index < -0.39 is 0 Å². The first kappa shape index (κ1) is 10.7. The molecule has 0 unspecified atom stereocenters. The van der Waals surface area contributed by atoms with Crippen molar-refractivity contribution in [3.63, 3.8) is 0 Å². The maximum absolute atomic E-state index is 11.3. The van der Waals surface area contributed by atoms with Crippen molar-refractivity contribution in [3.8, 4) is 0 Å². The van der Waals surface area contributed by atoms with Crippen molar-refractivity contribution in [2.75, 3.05) is 18.7 Å². The van der Waals surface area contributed by atoms with E-state index in [0.29, 0.717) is 5.69 Å². The zero-order chi connectivity index (χ0) is 10.6. The number of amides is 1. The fraction of sp³-hybridized carbons (Fsp3) is 0.300. The van der Waals surface area contributed by atoms with Gasteiger partial charge in [0.2, 0.25) is 0 Å². The van der Waals surface area contributed by atoms with Crippen LogP contribution in [0.25, 0.3) is 0 Å². The normalized spacial score (nSPS) is 9.93. The number of benzene rings is 1. The number of nitrogens with zero attached hydrogens (tertiary/aromatic N) is 1. The first-order valence-electron chi connectivity index (χ1n) is 4.28. The van der Waals surface area contributed by atoms with Crippen molar-refractivity contribution in [1.82, 2.24) is 0 Å². The average Bonchev–Trinajstić information content (AvgIpc) is 2.18. The number of hydrogen-bond donors (Lipinski definition) is 1. The van der Waals surface area contributed by atoms with Crippen LogP contribution in [0.2, 0.25) is 0 Å². The van der Waals surface area contributed by atoms with E-state index in [9.17, 15) is 4.79 Å². The van der Waals surface area contributed by atoms with Crippen molar-refractivity contribution in [3.05, 3.63) is 29.8 Å². The third-order valence-corrected chi connectivity index (χ3v) is 1.85. The van der Waals surface area contributed by atoms with Gasteiger partial charge in [-0.1, -0.05) is 17.7 Å². The molecular weight excluding hydrogens is 180 g/mol. The molecule has 14 heavy (non-hydrogen) atoms. The summed E-state index contributed by atoms with van der Waals surface area (Å²) in [5.74, 6) is 5.31. The van der Waals surface area contributed by atoms with Gasteiger partial charge in [0.15, 0.2) is 0 Å². The Bertz CT molecular complexity index is 308. The number of hydrazine groups is 1. The molecule has 0 fully saturated rings. The van der Waals surface area contributed by atoms with Gasteiger partial charge in [0.25, 0.3) is 5.91 Å². The minimum absolute atomic E-state index is 0.00955. The molecule has 0 aromatic heterocycles. The monoisotopic (exact) mass is 194 g/mol. The van der Waals surface area contributed by atoms with Crippen LogP contribution < -0.4 is 10.9 Å². The molecule has 0 aliphatic heterocycles. The summed E-state index contributed by atoms with van der Waals surface area (Å²) in [6, 6.07) is 7.39. The fourth-order valence-electron chi connectivity index (χ4n) is 1.04. The van der Waals surface area contributed by atoms with E-state index in [0.717, 1.165) is 10.6 Å². The minimum atomic E-state index is -0.267. The molecule has 0 aliphatic rings. The van der Waals surface area contributed by atoms with Crippen LogP contribution in [0.4, 0.5) is 5.69 Å². The topological polar surface area (TPSA) is 55.6 Å². The molecule has 0 radical (unpaired) electrons. The summed E-state index contributed by atoms with van der Waals surface area (Å²) in [5.41, 5.74) is 1.79. The number of carbonyl (C=O) groups is 1. The molecule has 0 atom stereocenters. The summed E-state index contributed by atoms with van der Waals surface area (Å²) in [5, 5.41) is 1.09. The molecule has 1 rings (SSSR count). The van der Waals surface area contributed by atoms with Gasteiger partial charge in [-0.15, -0.1) is 0 Å². The highest BCUT2D eigenvalue weighted by molar-refractivity contribution is 5.93. The molecule has 1 aromatic rings. The summed E-state index contributed by atoms with van der Waals surface area (Å²) in [4.78, 5) is 11.3. The molecule has 0 bridgehead atoms. The predicted octanol–water partition coefficient (Wildman–Crippen LogP) is 0.848. The van der Waals surface area contributed by atoms with E-state index in [1.54, 1.807) is 12.1 Å². The lowest BCUT2D eigenvalue weighted by atomic mass is 10.2. The number of carbonyl (C=O) groups excluding carboxylic acids is 1. The first-order chi connectivity index (χ1) is 6.65. The maximum Gasteiger partial charge on any atom is 0.267 e. The van der Waals surface area contributed by atoms with E-state index in [4.69, 9.17) is 10.6 Å². The number of nitrogens with two attached hydrogens (primary N) is 1. The number of methoxy groups -OCH3 is 1. The molecule has 1 amide bonds. The Balaban J connectivity index is 2.73. The van der Waals surface area contributed by atoms with Crippen LogP contribution in [-0.2, 0) is 9.53 Å². The van der Waals surface area contributed by atoms with Crippen LogP contribution in [0.15, 0.2) is 24.3 Å². The number of ether oxygens (including phenoxy) is 1. The van der Waals surface area contributed by atoms with E-state index in [1.807, 2.05) is 19.1 Å². The lowest BCUT2D eigenvalue weighted by Crippen LogP contribution is -2.39. The Kier molecular flexibility index (Phi) is 3.62. The van der Waals surface area contributed by atoms with Gasteiger partial charge in [-0.05, 0) is 19.1 Å². The van der Waals surface area contributed by atoms with Gasteiger partial charge in [-0.25, -0.2) is 10.9 Å². The Morgan fingerprint density at radius 1 is 1.43 bits per heavy atom. The standard InChI is InChI=1S/C10H14N2O2/c1-8-3-5-9(6-4-8)12(11)10(13)7-14-2/h3-6H,7,11H2,1-2H3. The van der Waals surface area contributed by atoms with Crippen molar-refractivity contribution >= 4 is 11.6 Å². The van der Waals surface area contributed by atoms with Crippen LogP contribution in [-0.4, -0.2) is 19.6 Å². The average molecular weight is 194 g/mol. The lowest BCUT2D eigenvalue weighted by molar-refractivity contribution is -0.122. The molecule has 2 N–H and O–H groups in total. The molecule has 4 heteroatoms. The first-order valence-corrected chi connectivity index (χ1v) is 4.28. The summed E-state index contributed by atoms with van der Waals surface area (Å²) < 4.78 is 4.70. The summed E-state index contributed by atoms with van der Waals surface area (Å²) in [6.07, 6.45) is 0. The molecule has 0 spiro atoms. The molecule has 1 aromatic carbocycles. The van der Waals surface area contributed by atoms with E-state index in [1.165, 1.54) is 7.11 Å². The summed E-state index contributed by atoms with van der Waals surface area (Å²) in [6.45, 7) is 1.96. The number of anilines is 1. The third-order valence-electron chi connectivity index (χ3n) is 1.85. The number of rotatable bonds is 3. The lowest BCUT2D eigenvalue weighted by Gasteiger charge is -2.15. The van der Waals surface area contributed by atoms with Crippen LogP contribution in [0.1, 0.15) is 5.56 Å². The Labute approximate surface area is 83.2 Å². The summed E-state index contributed by atoms with van der Waals surface area (Å²) in [7, 11) is 1.46. The van der Waals surface area contributed by atoms with Gasteiger partial charge in [0, 0.05) is 7.11 Å². The quantitative estimate of drug-likeness (QED) is 0.441. The van der Waals surface area contributed by atoms with Gasteiger partial charge >= 0.3 is 0 Å². The molecule has 0 saturated carbocycles. The van der Waals surface area contributed by atoms with Crippen LogP contribution >= 0.6 is 0 Å². The van der Waals surface area contributed by atoms with Crippen molar-refractivity contribution in [2.24, 2.45) is 5.84 Å². The van der Waals surface area contributed by atoms with Crippen molar-refractivity contribution < 1.29 is 9.53 Å². The predicted molar refractivity (Wildman–Crippen MR) is 54.7 cm³/mol. The smallest absolute Gasteiger partial charge is 0.267 e. The zero-order valence-electron chi connectivity index (χ0n) is 8.36. The maximum atomic E-state index is 11.3. The highest BCUT2D eigenvalue weighted by Crippen LogP contribution is 2.11. The third kappa shape index (κ3) is 2.55. The highest BCUT2D eigenvalue weighted by Gasteiger charge is 2.10.